The average molecular weight is 241 g/mol. The first kappa shape index (κ1) is 12.6. The van der Waals surface area contributed by atoms with Crippen molar-refractivity contribution in [3.05, 3.63) is 11.4 Å². The topological polar surface area (TPSA) is 40.5 Å². The number of rotatable bonds is 3. The summed E-state index contributed by atoms with van der Waals surface area (Å²) in [6.07, 6.45) is 3.59. The molecule has 1 amide bonds. The summed E-state index contributed by atoms with van der Waals surface area (Å²) in [5.41, 5.74) is 0.589. The third kappa shape index (κ3) is 2.37. The highest BCUT2D eigenvalue weighted by atomic mass is 19.1. The van der Waals surface area contributed by atoms with Crippen LogP contribution in [0.5, 0.6) is 0 Å². The van der Waals surface area contributed by atoms with Crippen LogP contribution in [-0.4, -0.2) is 34.6 Å². The Bertz CT molecular complexity index is 349. The predicted molar refractivity (Wildman–Crippen MR) is 62.9 cm³/mol. The molecule has 1 aliphatic carbocycles. The third-order valence-electron chi connectivity index (χ3n) is 3.95. The lowest BCUT2D eigenvalue weighted by Gasteiger charge is -2.27. The summed E-state index contributed by atoms with van der Waals surface area (Å²) < 4.78 is 14.0. The molecule has 0 spiro atoms. The minimum atomic E-state index is -0.597. The fourth-order valence-corrected chi connectivity index (χ4v) is 2.59. The van der Waals surface area contributed by atoms with Crippen molar-refractivity contribution in [2.45, 2.75) is 51.6 Å². The van der Waals surface area contributed by atoms with E-state index < -0.39 is 11.7 Å². The molecule has 3 nitrogen and oxygen atoms in total. The number of halogens is 1. The van der Waals surface area contributed by atoms with Crippen molar-refractivity contribution >= 4 is 5.91 Å². The molecular formula is C13H20FNO2. The first-order chi connectivity index (χ1) is 8.06. The smallest absolute Gasteiger partial charge is 0.283 e. The summed E-state index contributed by atoms with van der Waals surface area (Å²) in [7, 11) is 0. The monoisotopic (exact) mass is 241 g/mol. The number of carbonyl (C=O) groups is 1. The Morgan fingerprint density at radius 2 is 2.00 bits per heavy atom. The van der Waals surface area contributed by atoms with E-state index in [0.717, 1.165) is 25.7 Å². The Hall–Kier alpha value is -0.900. The quantitative estimate of drug-likeness (QED) is 0.768. The van der Waals surface area contributed by atoms with Crippen LogP contribution < -0.4 is 0 Å². The van der Waals surface area contributed by atoms with E-state index in [1.807, 2.05) is 6.92 Å². The normalized spacial score (nSPS) is 30.5. The van der Waals surface area contributed by atoms with Crippen molar-refractivity contribution in [2.75, 3.05) is 6.61 Å². The lowest BCUT2D eigenvalue weighted by atomic mass is 10.1. The molecule has 1 aliphatic heterocycles. The molecule has 0 aromatic carbocycles. The molecule has 0 unspecified atom stereocenters. The number of amides is 1. The van der Waals surface area contributed by atoms with Gasteiger partial charge in [-0.2, -0.15) is 0 Å². The summed E-state index contributed by atoms with van der Waals surface area (Å²) >= 11 is 0. The highest BCUT2D eigenvalue weighted by molar-refractivity contribution is 5.92. The van der Waals surface area contributed by atoms with Gasteiger partial charge in [-0.1, -0.05) is 0 Å². The molecule has 0 aromatic rings. The van der Waals surface area contributed by atoms with Crippen LogP contribution in [0.2, 0.25) is 0 Å². The molecule has 2 aliphatic rings. The second-order valence-corrected chi connectivity index (χ2v) is 5.25. The summed E-state index contributed by atoms with van der Waals surface area (Å²) in [6.45, 7) is 3.54. The van der Waals surface area contributed by atoms with E-state index in [1.54, 1.807) is 6.92 Å². The molecule has 2 fully saturated rings. The Morgan fingerprint density at radius 3 is 2.53 bits per heavy atom. The van der Waals surface area contributed by atoms with Gasteiger partial charge < -0.3 is 10.0 Å². The van der Waals surface area contributed by atoms with Crippen LogP contribution >= 0.6 is 0 Å². The van der Waals surface area contributed by atoms with E-state index in [9.17, 15) is 14.3 Å². The van der Waals surface area contributed by atoms with E-state index in [4.69, 9.17) is 0 Å². The van der Waals surface area contributed by atoms with Crippen molar-refractivity contribution in [1.29, 1.82) is 0 Å². The highest BCUT2D eigenvalue weighted by Gasteiger charge is 2.37. The van der Waals surface area contributed by atoms with Gasteiger partial charge in [0.15, 0.2) is 5.83 Å². The van der Waals surface area contributed by atoms with Crippen LogP contribution in [0.25, 0.3) is 0 Å². The van der Waals surface area contributed by atoms with Crippen LogP contribution in [0.1, 0.15) is 39.5 Å². The molecule has 1 heterocycles. The van der Waals surface area contributed by atoms with Gasteiger partial charge in [-0.25, -0.2) is 4.39 Å². The highest BCUT2D eigenvalue weighted by Crippen LogP contribution is 2.39. The summed E-state index contributed by atoms with van der Waals surface area (Å²) in [6, 6.07) is -0.187. The standard InChI is InChI=1S/C13H20FNO2/c1-8-3-6-11(7-16)15(8)13(17)12(14)9(2)10-4-5-10/h8,10-11,16H,3-7H2,1-2H3/b12-9-/t8-,11-/m1/s1. The van der Waals surface area contributed by atoms with Crippen LogP contribution in [-0.2, 0) is 4.79 Å². The number of likely N-dealkylation sites (tertiary alicyclic amines) is 1. The fourth-order valence-electron chi connectivity index (χ4n) is 2.59. The van der Waals surface area contributed by atoms with Crippen LogP contribution in [0.4, 0.5) is 4.39 Å². The molecule has 0 radical (unpaired) electrons. The third-order valence-corrected chi connectivity index (χ3v) is 3.95. The lowest BCUT2D eigenvalue weighted by Crippen LogP contribution is -2.42. The molecule has 1 N–H and O–H groups in total. The van der Waals surface area contributed by atoms with Crippen LogP contribution in [0, 0.1) is 5.92 Å². The number of aliphatic hydroxyl groups is 1. The average Bonchev–Trinajstić information content (AvgIpc) is 3.10. The van der Waals surface area contributed by atoms with E-state index in [-0.39, 0.29) is 24.6 Å². The van der Waals surface area contributed by atoms with Crippen molar-refractivity contribution in [3.63, 3.8) is 0 Å². The lowest BCUT2D eigenvalue weighted by molar-refractivity contribution is -0.132. The first-order valence-electron chi connectivity index (χ1n) is 6.36. The SMILES string of the molecule is C/C(=C(/F)C(=O)N1[C@@H](CO)CC[C@H]1C)C1CC1. The van der Waals surface area contributed by atoms with Crippen molar-refractivity contribution in [1.82, 2.24) is 4.90 Å². The number of carbonyl (C=O) groups excluding carboxylic acids is 1. The van der Waals surface area contributed by atoms with E-state index in [2.05, 4.69) is 0 Å². The maximum atomic E-state index is 14.0. The second kappa shape index (κ2) is 4.77. The van der Waals surface area contributed by atoms with Gasteiger partial charge >= 0.3 is 0 Å². The molecular weight excluding hydrogens is 221 g/mol. The molecule has 4 heteroatoms. The zero-order valence-electron chi connectivity index (χ0n) is 10.4. The Morgan fingerprint density at radius 1 is 1.35 bits per heavy atom. The van der Waals surface area contributed by atoms with E-state index >= 15 is 0 Å². The molecule has 1 saturated carbocycles. The number of allylic oxidation sites excluding steroid dienone is 1. The summed E-state index contributed by atoms with van der Waals surface area (Å²) in [5, 5.41) is 9.21. The van der Waals surface area contributed by atoms with Gasteiger partial charge in [-0.15, -0.1) is 0 Å². The first-order valence-corrected chi connectivity index (χ1v) is 6.36. The summed E-state index contributed by atoms with van der Waals surface area (Å²) in [5.74, 6) is -0.859. The molecule has 1 saturated heterocycles. The molecule has 0 bridgehead atoms. The number of hydrogen-bond acceptors (Lipinski definition) is 2. The van der Waals surface area contributed by atoms with E-state index in [1.165, 1.54) is 4.90 Å². The predicted octanol–water partition coefficient (Wildman–Crippen LogP) is 2.01. The van der Waals surface area contributed by atoms with Crippen molar-refractivity contribution in [2.24, 2.45) is 5.92 Å². The fraction of sp³-hybridized carbons (Fsp3) is 0.769. The Balaban J connectivity index is 2.15. The van der Waals surface area contributed by atoms with Gasteiger partial charge in [0, 0.05) is 6.04 Å². The zero-order valence-corrected chi connectivity index (χ0v) is 10.4. The number of nitrogens with zero attached hydrogens (tertiary/aromatic N) is 1. The van der Waals surface area contributed by atoms with Crippen molar-refractivity contribution in [3.8, 4) is 0 Å². The molecule has 2 atom stereocenters. The van der Waals surface area contributed by atoms with Gasteiger partial charge in [0.05, 0.1) is 12.6 Å². The van der Waals surface area contributed by atoms with Gasteiger partial charge in [0.2, 0.25) is 0 Å². The zero-order chi connectivity index (χ0) is 12.6. The van der Waals surface area contributed by atoms with Crippen molar-refractivity contribution < 1.29 is 14.3 Å². The molecule has 0 aromatic heterocycles. The number of hydrogen-bond donors (Lipinski definition) is 1. The maximum Gasteiger partial charge on any atom is 0.283 e. The molecule has 17 heavy (non-hydrogen) atoms. The van der Waals surface area contributed by atoms with Gasteiger partial charge in [-0.3, -0.25) is 4.79 Å². The second-order valence-electron chi connectivity index (χ2n) is 5.25. The molecule has 2 rings (SSSR count). The van der Waals surface area contributed by atoms with E-state index in [0.29, 0.717) is 5.57 Å². The minimum Gasteiger partial charge on any atom is -0.394 e. The number of aliphatic hydroxyl groups excluding tert-OH is 1. The largest absolute Gasteiger partial charge is 0.394 e. The summed E-state index contributed by atoms with van der Waals surface area (Å²) in [4.78, 5) is 13.6. The maximum absolute atomic E-state index is 14.0. The molecule has 96 valence electrons. The minimum absolute atomic E-state index is 0.0254. The van der Waals surface area contributed by atoms with Gasteiger partial charge in [0.1, 0.15) is 0 Å². The van der Waals surface area contributed by atoms with Gasteiger partial charge in [-0.05, 0) is 51.0 Å². The van der Waals surface area contributed by atoms with Gasteiger partial charge in [0.25, 0.3) is 5.91 Å². The Labute approximate surface area is 101 Å². The van der Waals surface area contributed by atoms with Crippen LogP contribution in [0.3, 0.4) is 0 Å². The Kier molecular flexibility index (Phi) is 3.52. The van der Waals surface area contributed by atoms with Crippen LogP contribution in [0.15, 0.2) is 11.4 Å².